The third-order valence-electron chi connectivity index (χ3n) is 10.1. The van der Waals surface area contributed by atoms with Crippen LogP contribution >= 0.6 is 0 Å². The molecule has 3 heteroatoms. The van der Waals surface area contributed by atoms with Crippen LogP contribution in [0.5, 0.6) is 0 Å². The van der Waals surface area contributed by atoms with E-state index in [1.165, 1.54) is 10.8 Å². The molecule has 0 saturated carbocycles. The smallest absolute Gasteiger partial charge is 0.161 e. The molecule has 0 aliphatic rings. The molecule has 0 fully saturated rings. The van der Waals surface area contributed by atoms with Gasteiger partial charge in [0.25, 0.3) is 0 Å². The lowest BCUT2D eigenvalue weighted by molar-refractivity contribution is 0.669. The van der Waals surface area contributed by atoms with Crippen molar-refractivity contribution in [2.75, 3.05) is 0 Å². The Bertz CT molecular complexity index is 2950. The van der Waals surface area contributed by atoms with Crippen molar-refractivity contribution in [1.29, 1.82) is 0 Å². The van der Waals surface area contributed by atoms with Gasteiger partial charge in [0.1, 0.15) is 11.2 Å². The highest BCUT2D eigenvalue weighted by Crippen LogP contribution is 2.41. The lowest BCUT2D eigenvalue weighted by Gasteiger charge is -2.15. The normalized spacial score (nSPS) is 11.4. The third-order valence-corrected chi connectivity index (χ3v) is 10.1. The number of hydrogen-bond donors (Lipinski definition) is 0. The second kappa shape index (κ2) is 12.9. The van der Waals surface area contributed by atoms with E-state index in [0.29, 0.717) is 5.82 Å². The SMILES string of the molecule is c1ccc(-c2cc(-c3cc(-c4ccc5ccccc5c4)nc(-c4ccccc4-c4ccccc4)n3)cc(-c3cccc4oc5ccccc5c34)c2)cc1. The van der Waals surface area contributed by atoms with Gasteiger partial charge in [-0.25, -0.2) is 9.97 Å². The molecule has 2 heterocycles. The van der Waals surface area contributed by atoms with Crippen LogP contribution in [0.15, 0.2) is 199 Å². The molecule has 3 nitrogen and oxygen atoms in total. The molecular weight excluding hydrogens is 645 g/mol. The second-order valence-corrected chi connectivity index (χ2v) is 13.4. The van der Waals surface area contributed by atoms with Crippen molar-refractivity contribution in [3.05, 3.63) is 194 Å². The van der Waals surface area contributed by atoms with E-state index in [2.05, 4.69) is 176 Å². The Morgan fingerprint density at radius 3 is 1.75 bits per heavy atom. The van der Waals surface area contributed by atoms with Crippen LogP contribution in [0.2, 0.25) is 0 Å². The zero-order valence-electron chi connectivity index (χ0n) is 28.8. The summed E-state index contributed by atoms with van der Waals surface area (Å²) in [5.41, 5.74) is 13.2. The number of furan rings is 1. The first-order valence-electron chi connectivity index (χ1n) is 17.9. The van der Waals surface area contributed by atoms with Gasteiger partial charge in [0.05, 0.1) is 11.4 Å². The average molecular weight is 677 g/mol. The quantitative estimate of drug-likeness (QED) is 0.176. The van der Waals surface area contributed by atoms with Gasteiger partial charge in [-0.2, -0.15) is 0 Å². The molecule has 0 atom stereocenters. The van der Waals surface area contributed by atoms with E-state index in [4.69, 9.17) is 14.4 Å². The van der Waals surface area contributed by atoms with Gasteiger partial charge in [-0.15, -0.1) is 0 Å². The summed E-state index contributed by atoms with van der Waals surface area (Å²) in [6.07, 6.45) is 0. The van der Waals surface area contributed by atoms with Gasteiger partial charge >= 0.3 is 0 Å². The van der Waals surface area contributed by atoms with Crippen LogP contribution in [-0.4, -0.2) is 9.97 Å². The molecular formula is C50H32N2O. The summed E-state index contributed by atoms with van der Waals surface area (Å²) in [6, 6.07) is 68.0. The van der Waals surface area contributed by atoms with Gasteiger partial charge in [-0.3, -0.25) is 0 Å². The van der Waals surface area contributed by atoms with Gasteiger partial charge in [-0.05, 0) is 86.6 Å². The molecule has 0 unspecified atom stereocenters. The predicted molar refractivity (Wildman–Crippen MR) is 219 cm³/mol. The number of rotatable bonds is 6. The molecule has 0 radical (unpaired) electrons. The zero-order valence-corrected chi connectivity index (χ0v) is 28.8. The van der Waals surface area contributed by atoms with E-state index >= 15 is 0 Å². The number of nitrogens with zero attached hydrogens (tertiary/aromatic N) is 2. The molecule has 0 aliphatic heterocycles. The van der Waals surface area contributed by atoms with Crippen molar-refractivity contribution in [2.45, 2.75) is 0 Å². The minimum Gasteiger partial charge on any atom is -0.456 e. The first-order valence-corrected chi connectivity index (χ1v) is 17.9. The fourth-order valence-corrected chi connectivity index (χ4v) is 7.50. The first kappa shape index (κ1) is 30.7. The predicted octanol–water partition coefficient (Wildman–Crippen LogP) is 13.5. The van der Waals surface area contributed by atoms with Crippen LogP contribution in [0, 0.1) is 0 Å². The molecule has 53 heavy (non-hydrogen) atoms. The average Bonchev–Trinajstić information content (AvgIpc) is 3.63. The van der Waals surface area contributed by atoms with E-state index < -0.39 is 0 Å². The van der Waals surface area contributed by atoms with Crippen LogP contribution in [0.4, 0.5) is 0 Å². The van der Waals surface area contributed by atoms with Crippen LogP contribution < -0.4 is 0 Å². The summed E-state index contributed by atoms with van der Waals surface area (Å²) in [6.45, 7) is 0. The minimum atomic E-state index is 0.680. The maximum Gasteiger partial charge on any atom is 0.161 e. The molecule has 0 bridgehead atoms. The fourth-order valence-electron chi connectivity index (χ4n) is 7.50. The summed E-state index contributed by atoms with van der Waals surface area (Å²) in [5.74, 6) is 0.680. The summed E-state index contributed by atoms with van der Waals surface area (Å²) < 4.78 is 6.33. The number of hydrogen-bond acceptors (Lipinski definition) is 3. The number of benzene rings is 8. The lowest BCUT2D eigenvalue weighted by Crippen LogP contribution is -1.98. The van der Waals surface area contributed by atoms with Crippen molar-refractivity contribution < 1.29 is 4.42 Å². The van der Waals surface area contributed by atoms with Crippen molar-refractivity contribution >= 4 is 32.7 Å². The van der Waals surface area contributed by atoms with Crippen LogP contribution in [0.1, 0.15) is 0 Å². The maximum absolute atomic E-state index is 6.33. The summed E-state index contributed by atoms with van der Waals surface area (Å²) in [5, 5.41) is 4.58. The number of fused-ring (bicyclic) bond motifs is 4. The molecule has 248 valence electrons. The van der Waals surface area contributed by atoms with Gasteiger partial charge < -0.3 is 4.42 Å². The number of para-hydroxylation sites is 1. The largest absolute Gasteiger partial charge is 0.456 e. The monoisotopic (exact) mass is 676 g/mol. The van der Waals surface area contributed by atoms with Crippen LogP contribution in [-0.2, 0) is 0 Å². The topological polar surface area (TPSA) is 38.9 Å². The highest BCUT2D eigenvalue weighted by Gasteiger charge is 2.18. The Balaban J connectivity index is 1.24. The molecule has 0 aliphatic carbocycles. The van der Waals surface area contributed by atoms with Crippen molar-refractivity contribution in [1.82, 2.24) is 9.97 Å². The maximum atomic E-state index is 6.33. The van der Waals surface area contributed by atoms with E-state index in [9.17, 15) is 0 Å². The molecule has 2 aromatic heterocycles. The highest BCUT2D eigenvalue weighted by atomic mass is 16.3. The van der Waals surface area contributed by atoms with E-state index in [1.54, 1.807) is 0 Å². The van der Waals surface area contributed by atoms with Crippen molar-refractivity contribution in [2.24, 2.45) is 0 Å². The second-order valence-electron chi connectivity index (χ2n) is 13.4. The lowest BCUT2D eigenvalue weighted by atomic mass is 9.92. The molecule has 10 aromatic rings. The highest BCUT2D eigenvalue weighted by molar-refractivity contribution is 6.12. The van der Waals surface area contributed by atoms with E-state index in [-0.39, 0.29) is 0 Å². The Kier molecular flexibility index (Phi) is 7.47. The Labute approximate surface area is 307 Å². The molecule has 10 rings (SSSR count). The van der Waals surface area contributed by atoms with E-state index in [0.717, 1.165) is 83.4 Å². The van der Waals surface area contributed by atoms with Gasteiger partial charge in [0.2, 0.25) is 0 Å². The van der Waals surface area contributed by atoms with Gasteiger partial charge in [0.15, 0.2) is 5.82 Å². The van der Waals surface area contributed by atoms with Crippen LogP contribution in [0.25, 0.3) is 100.0 Å². The minimum absolute atomic E-state index is 0.680. The van der Waals surface area contributed by atoms with Gasteiger partial charge in [0, 0.05) is 27.5 Å². The molecule has 0 spiro atoms. The van der Waals surface area contributed by atoms with Crippen molar-refractivity contribution in [3.8, 4) is 67.3 Å². The summed E-state index contributed by atoms with van der Waals surface area (Å²) in [4.78, 5) is 10.7. The number of aromatic nitrogens is 2. The van der Waals surface area contributed by atoms with Gasteiger partial charge in [-0.1, -0.05) is 152 Å². The Morgan fingerprint density at radius 1 is 0.321 bits per heavy atom. The Hall–Kier alpha value is -7.10. The zero-order chi connectivity index (χ0) is 35.1. The molecule has 0 N–H and O–H groups in total. The summed E-state index contributed by atoms with van der Waals surface area (Å²) >= 11 is 0. The van der Waals surface area contributed by atoms with E-state index in [1.807, 2.05) is 18.2 Å². The molecule has 8 aromatic carbocycles. The van der Waals surface area contributed by atoms with Crippen LogP contribution in [0.3, 0.4) is 0 Å². The third kappa shape index (κ3) is 5.65. The van der Waals surface area contributed by atoms with Crippen molar-refractivity contribution in [3.63, 3.8) is 0 Å². The molecule has 0 amide bonds. The molecule has 0 saturated heterocycles. The standard InChI is InChI=1S/C50H32N2O/c1-3-14-33(15-4-1)38-29-39(42-23-13-25-48-49(42)44-22-11-12-24-47(44)53-48)31-40(30-38)46-32-45(37-27-26-34-16-7-8-19-36(34)28-37)51-50(52-46)43-21-10-9-20-41(43)35-17-5-2-6-18-35/h1-32H. The first-order chi connectivity index (χ1) is 26.2. The summed E-state index contributed by atoms with van der Waals surface area (Å²) in [7, 11) is 0. The Morgan fingerprint density at radius 2 is 0.925 bits per heavy atom. The fraction of sp³-hybridized carbons (Fsp3) is 0.